The van der Waals surface area contributed by atoms with E-state index >= 15 is 0 Å². The van der Waals surface area contributed by atoms with Gasteiger partial charge in [-0.25, -0.2) is 0 Å². The predicted molar refractivity (Wildman–Crippen MR) is 128 cm³/mol. The lowest BCUT2D eigenvalue weighted by atomic mass is 9.80. The molecule has 158 valence electrons. The first-order valence-corrected chi connectivity index (χ1v) is 10.7. The van der Waals surface area contributed by atoms with Gasteiger partial charge in [0, 0.05) is 6.54 Å². The third-order valence-electron chi connectivity index (χ3n) is 3.84. The molecule has 0 fully saturated rings. The third kappa shape index (κ3) is 29.7. The Morgan fingerprint density at radius 2 is 1.81 bits per heavy atom. The Balaban J connectivity index is -0.000000311. The highest BCUT2D eigenvalue weighted by Gasteiger charge is 2.17. The molecule has 0 aromatic carbocycles. The van der Waals surface area contributed by atoms with Crippen LogP contribution in [0, 0.1) is 23.7 Å². The average Bonchev–Trinajstić information content (AvgIpc) is 2.57. The SMILES string of the molecule is C#CC.C/C=C/C1=CCNCC1.C/C=C\CC.CCCC(C)(C)CC(C)C. The molecule has 0 bridgehead atoms. The van der Waals surface area contributed by atoms with E-state index in [1.165, 1.54) is 31.3 Å². The van der Waals surface area contributed by atoms with Crippen molar-refractivity contribution in [2.45, 2.75) is 94.4 Å². The van der Waals surface area contributed by atoms with E-state index in [1.54, 1.807) is 6.92 Å². The zero-order valence-corrected chi connectivity index (χ0v) is 20.0. The lowest BCUT2D eigenvalue weighted by Crippen LogP contribution is -2.19. The van der Waals surface area contributed by atoms with Crippen LogP contribution in [0.2, 0.25) is 0 Å². The van der Waals surface area contributed by atoms with Gasteiger partial charge in [0.1, 0.15) is 0 Å². The summed E-state index contributed by atoms with van der Waals surface area (Å²) in [7, 11) is 0. The summed E-state index contributed by atoms with van der Waals surface area (Å²) < 4.78 is 0. The van der Waals surface area contributed by atoms with Crippen LogP contribution in [0.25, 0.3) is 0 Å². The molecule has 27 heavy (non-hydrogen) atoms. The van der Waals surface area contributed by atoms with Gasteiger partial charge in [0.2, 0.25) is 0 Å². The second kappa shape index (κ2) is 22.8. The normalized spacial score (nSPS) is 13.6. The molecule has 1 nitrogen and oxygen atoms in total. The van der Waals surface area contributed by atoms with E-state index in [4.69, 9.17) is 0 Å². The smallest absolute Gasteiger partial charge is 0.0140 e. The van der Waals surface area contributed by atoms with Gasteiger partial charge in [-0.1, -0.05) is 78.3 Å². The van der Waals surface area contributed by atoms with Crippen molar-refractivity contribution in [3.8, 4) is 12.3 Å². The minimum Gasteiger partial charge on any atom is -0.313 e. The third-order valence-corrected chi connectivity index (χ3v) is 3.84. The van der Waals surface area contributed by atoms with Crippen LogP contribution in [-0.4, -0.2) is 13.1 Å². The van der Waals surface area contributed by atoms with Crippen LogP contribution < -0.4 is 5.32 Å². The monoisotopic (exact) mass is 375 g/mol. The fourth-order valence-corrected chi connectivity index (χ4v) is 3.13. The van der Waals surface area contributed by atoms with Crippen molar-refractivity contribution in [1.82, 2.24) is 5.32 Å². The molecule has 0 aliphatic carbocycles. The second-order valence-electron chi connectivity index (χ2n) is 8.01. The van der Waals surface area contributed by atoms with E-state index in [0.29, 0.717) is 5.41 Å². The number of nitrogens with one attached hydrogen (secondary N) is 1. The van der Waals surface area contributed by atoms with Crippen LogP contribution >= 0.6 is 0 Å². The number of allylic oxidation sites excluding steroid dienone is 4. The lowest BCUT2D eigenvalue weighted by molar-refractivity contribution is 0.263. The summed E-state index contributed by atoms with van der Waals surface area (Å²) >= 11 is 0. The molecule has 0 unspecified atom stereocenters. The predicted octanol–water partition coefficient (Wildman–Crippen LogP) is 7.95. The highest BCUT2D eigenvalue weighted by molar-refractivity contribution is 5.20. The lowest BCUT2D eigenvalue weighted by Gasteiger charge is -2.25. The fourth-order valence-electron chi connectivity index (χ4n) is 3.13. The fraction of sp³-hybridized carbons (Fsp3) is 0.692. The highest BCUT2D eigenvalue weighted by Crippen LogP contribution is 2.29. The Kier molecular flexibility index (Phi) is 25.7. The minimum atomic E-state index is 0.572. The van der Waals surface area contributed by atoms with Crippen LogP contribution in [0.3, 0.4) is 0 Å². The Morgan fingerprint density at radius 1 is 1.22 bits per heavy atom. The molecule has 0 amide bonds. The van der Waals surface area contributed by atoms with Crippen LogP contribution in [0.4, 0.5) is 0 Å². The van der Waals surface area contributed by atoms with E-state index < -0.39 is 0 Å². The zero-order valence-electron chi connectivity index (χ0n) is 20.0. The summed E-state index contributed by atoms with van der Waals surface area (Å²) in [5.74, 6) is 3.10. The van der Waals surface area contributed by atoms with Crippen LogP contribution in [0.5, 0.6) is 0 Å². The second-order valence-corrected chi connectivity index (χ2v) is 8.01. The van der Waals surface area contributed by atoms with Crippen LogP contribution in [0.15, 0.2) is 36.0 Å². The molecule has 1 N–H and O–H groups in total. The van der Waals surface area contributed by atoms with Crippen molar-refractivity contribution in [2.75, 3.05) is 13.1 Å². The first-order valence-electron chi connectivity index (χ1n) is 10.7. The van der Waals surface area contributed by atoms with Gasteiger partial charge in [-0.05, 0) is 69.9 Å². The van der Waals surface area contributed by atoms with Gasteiger partial charge in [0.25, 0.3) is 0 Å². The molecule has 0 atom stereocenters. The summed E-state index contributed by atoms with van der Waals surface area (Å²) in [6.45, 7) is 21.7. The zero-order chi connectivity index (χ0) is 21.6. The molecule has 1 rings (SSSR count). The Labute approximate surface area is 172 Å². The molecule has 0 saturated carbocycles. The average molecular weight is 376 g/mol. The van der Waals surface area contributed by atoms with E-state index in [1.807, 2.05) is 6.92 Å². The Bertz CT molecular complexity index is 416. The van der Waals surface area contributed by atoms with Gasteiger partial charge in [-0.2, -0.15) is 0 Å². The molecule has 0 saturated heterocycles. The van der Waals surface area contributed by atoms with E-state index in [0.717, 1.165) is 25.4 Å². The maximum atomic E-state index is 4.60. The van der Waals surface area contributed by atoms with E-state index in [-0.39, 0.29) is 0 Å². The number of hydrogen-bond donors (Lipinski definition) is 1. The maximum Gasteiger partial charge on any atom is 0.0140 e. The molecule has 0 aromatic heterocycles. The first kappa shape index (κ1) is 30.5. The topological polar surface area (TPSA) is 12.0 Å². The van der Waals surface area contributed by atoms with Gasteiger partial charge >= 0.3 is 0 Å². The van der Waals surface area contributed by atoms with Crippen molar-refractivity contribution in [3.63, 3.8) is 0 Å². The van der Waals surface area contributed by atoms with Gasteiger partial charge in [0.05, 0.1) is 0 Å². The first-order chi connectivity index (χ1) is 12.7. The number of terminal acetylenes is 1. The van der Waals surface area contributed by atoms with Crippen molar-refractivity contribution in [3.05, 3.63) is 36.0 Å². The summed E-state index contributed by atoms with van der Waals surface area (Å²) in [4.78, 5) is 0. The maximum absolute atomic E-state index is 4.60. The largest absolute Gasteiger partial charge is 0.313 e. The molecule has 1 heteroatoms. The molecule has 0 aromatic rings. The van der Waals surface area contributed by atoms with Crippen molar-refractivity contribution in [1.29, 1.82) is 0 Å². The summed E-state index contributed by atoms with van der Waals surface area (Å²) in [6, 6.07) is 0. The Morgan fingerprint density at radius 3 is 2.11 bits per heavy atom. The van der Waals surface area contributed by atoms with Gasteiger partial charge in [0.15, 0.2) is 0 Å². The highest BCUT2D eigenvalue weighted by atomic mass is 14.8. The molecule has 0 spiro atoms. The van der Waals surface area contributed by atoms with Gasteiger partial charge < -0.3 is 5.32 Å². The standard InChI is InChI=1S/C10H22.C8H13N.C5H10.C3H4/c1-6-7-10(4,5)8-9(2)3;1-2-3-8-4-6-9-7-5-8;1-3-5-4-2;1-3-2/h9H,6-8H2,1-5H3;2-4,9H,5-7H2,1H3;3,5H,4H2,1-2H3;1H,2H3/b;3-2+;5-3-;. The summed E-state index contributed by atoms with van der Waals surface area (Å²) in [5.41, 5.74) is 2.04. The molecule has 1 aliphatic heterocycles. The Hall–Kier alpha value is -1.26. The van der Waals surface area contributed by atoms with Crippen molar-refractivity contribution in [2.24, 2.45) is 11.3 Å². The van der Waals surface area contributed by atoms with E-state index in [9.17, 15) is 0 Å². The molecular weight excluding hydrogens is 326 g/mol. The quantitative estimate of drug-likeness (QED) is 0.367. The summed E-state index contributed by atoms with van der Waals surface area (Å²) in [6.07, 6.45) is 21.7. The molecular formula is C26H49N. The molecule has 1 aliphatic rings. The minimum absolute atomic E-state index is 0.572. The number of rotatable bonds is 6. The summed E-state index contributed by atoms with van der Waals surface area (Å²) in [5, 5.41) is 3.26. The molecule has 1 heterocycles. The van der Waals surface area contributed by atoms with Crippen LogP contribution in [-0.2, 0) is 0 Å². The van der Waals surface area contributed by atoms with Gasteiger partial charge in [-0.15, -0.1) is 12.3 Å². The van der Waals surface area contributed by atoms with Crippen molar-refractivity contribution >= 4 is 0 Å². The van der Waals surface area contributed by atoms with Crippen LogP contribution in [0.1, 0.15) is 94.4 Å². The van der Waals surface area contributed by atoms with Gasteiger partial charge in [-0.3, -0.25) is 0 Å². The van der Waals surface area contributed by atoms with E-state index in [2.05, 4.69) is 96.5 Å². The number of hydrogen-bond acceptors (Lipinski definition) is 1. The van der Waals surface area contributed by atoms with Crippen molar-refractivity contribution < 1.29 is 0 Å². The molecule has 0 radical (unpaired) electrons.